The highest BCUT2D eigenvalue weighted by molar-refractivity contribution is 6.06. The number of hydrogen-bond donors (Lipinski definition) is 0. The Balaban J connectivity index is 1.60. The number of benzene rings is 1. The van der Waals surface area contributed by atoms with Crippen LogP contribution in [0.25, 0.3) is 22.5 Å². The fraction of sp³-hybridized carbons (Fsp3) is 0.320. The van der Waals surface area contributed by atoms with Crippen molar-refractivity contribution in [2.75, 3.05) is 13.7 Å². The lowest BCUT2D eigenvalue weighted by Gasteiger charge is -2.26. The highest BCUT2D eigenvalue weighted by atomic mass is 16.5. The molecule has 1 fully saturated rings. The molecular formula is C25H26N4O3. The molecule has 1 unspecified atom stereocenters. The number of amides is 1. The molecule has 3 aromatic heterocycles. The van der Waals surface area contributed by atoms with Crippen LogP contribution in [-0.2, 0) is 0 Å². The third-order valence-corrected chi connectivity index (χ3v) is 6.05. The normalized spacial score (nSPS) is 16.2. The van der Waals surface area contributed by atoms with Gasteiger partial charge in [-0.15, -0.1) is 0 Å². The molecule has 0 saturated carbocycles. The zero-order chi connectivity index (χ0) is 22.2. The summed E-state index contributed by atoms with van der Waals surface area (Å²) in [5.41, 5.74) is 3.01. The van der Waals surface area contributed by atoms with Crippen LogP contribution >= 0.6 is 0 Å². The van der Waals surface area contributed by atoms with Gasteiger partial charge in [0.05, 0.1) is 36.6 Å². The maximum atomic E-state index is 13.9. The molecule has 7 heteroatoms. The maximum Gasteiger partial charge on any atom is 0.255 e. The smallest absolute Gasteiger partial charge is 0.255 e. The lowest BCUT2D eigenvalue weighted by Crippen LogP contribution is -2.30. The maximum absolute atomic E-state index is 13.9. The van der Waals surface area contributed by atoms with E-state index in [9.17, 15) is 4.79 Å². The fourth-order valence-electron chi connectivity index (χ4n) is 4.48. The number of furan rings is 1. The van der Waals surface area contributed by atoms with Gasteiger partial charge in [0.15, 0.2) is 11.4 Å². The Labute approximate surface area is 186 Å². The first kappa shape index (κ1) is 20.3. The number of methoxy groups -OCH3 is 1. The van der Waals surface area contributed by atoms with Gasteiger partial charge in [-0.2, -0.15) is 5.10 Å². The highest BCUT2D eigenvalue weighted by Crippen LogP contribution is 2.36. The first-order chi connectivity index (χ1) is 15.6. The summed E-state index contributed by atoms with van der Waals surface area (Å²) < 4.78 is 12.8. The Morgan fingerprint density at radius 3 is 2.84 bits per heavy atom. The molecule has 0 aliphatic carbocycles. The van der Waals surface area contributed by atoms with Crippen LogP contribution in [0.5, 0.6) is 5.75 Å². The Bertz CT molecular complexity index is 1260. The molecule has 1 saturated heterocycles. The van der Waals surface area contributed by atoms with Crippen molar-refractivity contribution in [1.82, 2.24) is 19.7 Å². The fourth-order valence-corrected chi connectivity index (χ4v) is 4.48. The van der Waals surface area contributed by atoms with Gasteiger partial charge >= 0.3 is 0 Å². The molecule has 4 heterocycles. The molecule has 1 atom stereocenters. The van der Waals surface area contributed by atoms with Crippen molar-refractivity contribution in [2.24, 2.45) is 0 Å². The van der Waals surface area contributed by atoms with Crippen molar-refractivity contribution in [3.63, 3.8) is 0 Å². The van der Waals surface area contributed by atoms with E-state index in [1.54, 1.807) is 19.6 Å². The van der Waals surface area contributed by atoms with Gasteiger partial charge in [0.25, 0.3) is 5.91 Å². The number of carbonyl (C=O) groups excluding carboxylic acids is 1. The third-order valence-electron chi connectivity index (χ3n) is 6.05. The van der Waals surface area contributed by atoms with Gasteiger partial charge in [0.1, 0.15) is 11.4 Å². The number of likely N-dealkylation sites (tertiary alicyclic amines) is 1. The van der Waals surface area contributed by atoms with Crippen molar-refractivity contribution in [3.05, 3.63) is 66.1 Å². The van der Waals surface area contributed by atoms with Gasteiger partial charge < -0.3 is 14.1 Å². The summed E-state index contributed by atoms with van der Waals surface area (Å²) in [6, 6.07) is 13.6. The monoisotopic (exact) mass is 430 g/mol. The lowest BCUT2D eigenvalue weighted by atomic mass is 10.0. The SMILES string of the molecule is COc1cccc(C2CCCN2C(=O)c2cc(-c3ccco3)nc3c2cnn3C(C)C)c1. The van der Waals surface area contributed by atoms with Crippen LogP contribution in [0.3, 0.4) is 0 Å². The van der Waals surface area contributed by atoms with Crippen molar-refractivity contribution >= 4 is 16.9 Å². The molecule has 164 valence electrons. The summed E-state index contributed by atoms with van der Waals surface area (Å²) in [5, 5.41) is 5.28. The summed E-state index contributed by atoms with van der Waals surface area (Å²) in [6.07, 6.45) is 5.24. The molecule has 4 aromatic rings. The summed E-state index contributed by atoms with van der Waals surface area (Å²) in [5.74, 6) is 1.41. The van der Waals surface area contributed by atoms with Crippen LogP contribution in [-0.4, -0.2) is 39.2 Å². The van der Waals surface area contributed by atoms with Gasteiger partial charge in [-0.05, 0) is 62.6 Å². The molecule has 0 spiro atoms. The molecule has 1 amide bonds. The number of nitrogens with zero attached hydrogens (tertiary/aromatic N) is 4. The van der Waals surface area contributed by atoms with E-state index in [0.29, 0.717) is 29.2 Å². The molecule has 0 N–H and O–H groups in total. The van der Waals surface area contributed by atoms with Crippen LogP contribution in [0.2, 0.25) is 0 Å². The number of rotatable bonds is 5. The first-order valence-electron chi connectivity index (χ1n) is 10.9. The second-order valence-electron chi connectivity index (χ2n) is 8.39. The van der Waals surface area contributed by atoms with Gasteiger partial charge in [-0.1, -0.05) is 12.1 Å². The number of pyridine rings is 1. The zero-order valence-electron chi connectivity index (χ0n) is 18.5. The van der Waals surface area contributed by atoms with E-state index in [1.165, 1.54) is 0 Å². The standard InChI is InChI=1S/C25H26N4O3/c1-16(2)29-24-20(15-26-29)19(14-21(27-24)23-10-6-12-32-23)25(30)28-11-5-9-22(28)17-7-4-8-18(13-17)31-3/h4,6-8,10,12-16,22H,5,9,11H2,1-3H3. The van der Waals surface area contributed by atoms with E-state index in [0.717, 1.165) is 29.5 Å². The van der Waals surface area contributed by atoms with Crippen LogP contribution in [0, 0.1) is 0 Å². The van der Waals surface area contributed by atoms with Crippen molar-refractivity contribution in [3.8, 4) is 17.2 Å². The number of ether oxygens (including phenoxy) is 1. The summed E-state index contributed by atoms with van der Waals surface area (Å²) >= 11 is 0. The third kappa shape index (κ3) is 3.43. The van der Waals surface area contributed by atoms with Gasteiger partial charge in [-0.3, -0.25) is 4.79 Å². The van der Waals surface area contributed by atoms with Gasteiger partial charge in [0, 0.05) is 12.6 Å². The van der Waals surface area contributed by atoms with Crippen LogP contribution < -0.4 is 4.74 Å². The minimum absolute atomic E-state index is 0.00743. The van der Waals surface area contributed by atoms with E-state index in [1.807, 2.05) is 46.0 Å². The second kappa shape index (κ2) is 8.15. The lowest BCUT2D eigenvalue weighted by molar-refractivity contribution is 0.0737. The van der Waals surface area contributed by atoms with E-state index in [4.69, 9.17) is 14.1 Å². The topological polar surface area (TPSA) is 73.4 Å². The second-order valence-corrected chi connectivity index (χ2v) is 8.39. The van der Waals surface area contributed by atoms with Crippen LogP contribution in [0.4, 0.5) is 0 Å². The van der Waals surface area contributed by atoms with E-state index in [2.05, 4.69) is 25.0 Å². The van der Waals surface area contributed by atoms with Crippen molar-refractivity contribution in [2.45, 2.75) is 38.8 Å². The van der Waals surface area contributed by atoms with Crippen molar-refractivity contribution < 1.29 is 13.9 Å². The molecule has 1 aliphatic rings. The predicted molar refractivity (Wildman–Crippen MR) is 122 cm³/mol. The highest BCUT2D eigenvalue weighted by Gasteiger charge is 2.32. The van der Waals surface area contributed by atoms with Crippen LogP contribution in [0.15, 0.2) is 59.3 Å². The Morgan fingerprint density at radius 2 is 2.09 bits per heavy atom. The van der Waals surface area contributed by atoms with E-state index < -0.39 is 0 Å². The molecule has 7 nitrogen and oxygen atoms in total. The summed E-state index contributed by atoms with van der Waals surface area (Å²) in [7, 11) is 1.66. The molecular weight excluding hydrogens is 404 g/mol. The average Bonchev–Trinajstić information content (AvgIpc) is 3.58. The van der Waals surface area contributed by atoms with Crippen LogP contribution in [0.1, 0.15) is 54.7 Å². The quantitative estimate of drug-likeness (QED) is 0.432. The summed E-state index contributed by atoms with van der Waals surface area (Å²) in [6.45, 7) is 4.81. The first-order valence-corrected chi connectivity index (χ1v) is 10.9. The molecule has 0 bridgehead atoms. The Kier molecular flexibility index (Phi) is 5.17. The van der Waals surface area contributed by atoms with Gasteiger partial charge in [0.2, 0.25) is 0 Å². The van der Waals surface area contributed by atoms with E-state index >= 15 is 0 Å². The number of aromatic nitrogens is 3. The molecule has 32 heavy (non-hydrogen) atoms. The number of carbonyl (C=O) groups is 1. The molecule has 1 aromatic carbocycles. The number of fused-ring (bicyclic) bond motifs is 1. The largest absolute Gasteiger partial charge is 0.497 e. The average molecular weight is 431 g/mol. The summed E-state index contributed by atoms with van der Waals surface area (Å²) in [4.78, 5) is 20.6. The molecule has 1 aliphatic heterocycles. The van der Waals surface area contributed by atoms with Gasteiger partial charge in [-0.25, -0.2) is 9.67 Å². The molecule has 5 rings (SSSR count). The Morgan fingerprint density at radius 1 is 1.22 bits per heavy atom. The minimum atomic E-state index is -0.0150. The molecule has 0 radical (unpaired) electrons. The zero-order valence-corrected chi connectivity index (χ0v) is 18.5. The van der Waals surface area contributed by atoms with Crippen molar-refractivity contribution in [1.29, 1.82) is 0 Å². The minimum Gasteiger partial charge on any atom is -0.497 e. The number of hydrogen-bond acceptors (Lipinski definition) is 5. The van der Waals surface area contributed by atoms with E-state index in [-0.39, 0.29) is 18.0 Å². The Hall–Kier alpha value is -3.61. The predicted octanol–water partition coefficient (Wildman–Crippen LogP) is 5.26.